The quantitative estimate of drug-likeness (QED) is 0.166. The summed E-state index contributed by atoms with van der Waals surface area (Å²) in [5.74, 6) is 1.00. The molecule has 1 aliphatic heterocycles. The van der Waals surface area contributed by atoms with E-state index in [4.69, 9.17) is 33.3 Å². The van der Waals surface area contributed by atoms with Crippen molar-refractivity contribution in [1.29, 1.82) is 0 Å². The number of methoxy groups -OCH3 is 6. The van der Waals surface area contributed by atoms with Crippen LogP contribution >= 0.6 is 0 Å². The van der Waals surface area contributed by atoms with E-state index in [0.717, 1.165) is 21.8 Å². The van der Waals surface area contributed by atoms with E-state index in [9.17, 15) is 15.0 Å². The van der Waals surface area contributed by atoms with Gasteiger partial charge in [-0.25, -0.2) is 4.79 Å². The van der Waals surface area contributed by atoms with Crippen molar-refractivity contribution in [2.75, 3.05) is 98.6 Å². The van der Waals surface area contributed by atoms with E-state index in [1.165, 1.54) is 12.1 Å². The molecule has 5 rings (SSSR count). The average Bonchev–Trinajstić information content (AvgIpc) is 3.49. The molecule has 0 aliphatic carbocycles. The first-order valence-electron chi connectivity index (χ1n) is 17.1. The summed E-state index contributed by atoms with van der Waals surface area (Å²) in [6, 6.07) is 14.2. The SMILES string of the molecule is COc1cc(N(C)C)cc(OC)c1C(c1c(OC)cc(N(C)C)cc1OC)c1c(OC)cc(N2CCC(C(=O)On3c(O)ccc3O)CC2)cc1OC. The zero-order valence-corrected chi connectivity index (χ0v) is 32.1. The highest BCUT2D eigenvalue weighted by Crippen LogP contribution is 2.55. The fourth-order valence-electron chi connectivity index (χ4n) is 6.79. The summed E-state index contributed by atoms with van der Waals surface area (Å²) in [6.07, 6.45) is 0.964. The molecule has 1 aliphatic rings. The third-order valence-corrected chi connectivity index (χ3v) is 9.66. The molecule has 1 saturated heterocycles. The van der Waals surface area contributed by atoms with Crippen molar-refractivity contribution in [3.05, 3.63) is 65.2 Å². The van der Waals surface area contributed by atoms with E-state index < -0.39 is 17.8 Å². The molecule has 0 atom stereocenters. The van der Waals surface area contributed by atoms with Crippen LogP contribution in [0.25, 0.3) is 0 Å². The summed E-state index contributed by atoms with van der Waals surface area (Å²) in [4.78, 5) is 24.3. The first-order valence-corrected chi connectivity index (χ1v) is 17.1. The Hall–Kier alpha value is -5.79. The second kappa shape index (κ2) is 16.3. The maximum absolute atomic E-state index is 13.0. The minimum Gasteiger partial charge on any atom is -0.496 e. The molecule has 14 heteroatoms. The van der Waals surface area contributed by atoms with E-state index >= 15 is 0 Å². The van der Waals surface area contributed by atoms with Gasteiger partial charge in [0.15, 0.2) is 0 Å². The smallest absolute Gasteiger partial charge is 0.336 e. The Morgan fingerprint density at radius 3 is 1.28 bits per heavy atom. The van der Waals surface area contributed by atoms with Crippen LogP contribution in [0.3, 0.4) is 0 Å². The Morgan fingerprint density at radius 1 is 0.623 bits per heavy atom. The molecule has 0 bridgehead atoms. The highest BCUT2D eigenvalue weighted by atomic mass is 16.7. The summed E-state index contributed by atoms with van der Waals surface area (Å²) in [6.45, 7) is 1.06. The van der Waals surface area contributed by atoms with Crippen LogP contribution < -0.4 is 48.0 Å². The molecule has 0 radical (unpaired) electrons. The average molecular weight is 735 g/mol. The third kappa shape index (κ3) is 7.57. The van der Waals surface area contributed by atoms with Gasteiger partial charge < -0.3 is 58.2 Å². The predicted molar refractivity (Wildman–Crippen MR) is 203 cm³/mol. The van der Waals surface area contributed by atoms with E-state index in [1.54, 1.807) is 42.7 Å². The first kappa shape index (κ1) is 38.4. The minimum absolute atomic E-state index is 0.362. The zero-order valence-electron chi connectivity index (χ0n) is 32.1. The van der Waals surface area contributed by atoms with Gasteiger partial charge in [-0.3, -0.25) is 0 Å². The number of carbonyl (C=O) groups is 1. The predicted octanol–water partition coefficient (Wildman–Crippen LogP) is 5.13. The van der Waals surface area contributed by atoms with Crippen molar-refractivity contribution in [1.82, 2.24) is 4.73 Å². The maximum atomic E-state index is 13.0. The van der Waals surface area contributed by atoms with Gasteiger partial charge in [-0.15, -0.1) is 4.73 Å². The second-order valence-electron chi connectivity index (χ2n) is 13.0. The molecule has 286 valence electrons. The molecule has 2 N–H and O–H groups in total. The van der Waals surface area contributed by atoms with Crippen molar-refractivity contribution < 1.29 is 48.3 Å². The molecule has 0 unspecified atom stereocenters. The standard InChI is InChI=1S/C39H50N4O10/c1-40(2)24-17-27(47-5)35(28(18-24)48-6)38(36-29(49-7)19-25(41(3)4)20-30(36)50-8)37-31(51-9)21-26(22-32(37)52-10)42-15-13-23(14-16-42)39(46)53-43-33(44)11-12-34(43)45/h11-12,17-23,38,44-45H,13-16H2,1-10H3. The van der Waals surface area contributed by atoms with Crippen LogP contribution in [0.2, 0.25) is 0 Å². The molecule has 53 heavy (non-hydrogen) atoms. The van der Waals surface area contributed by atoms with Gasteiger partial charge >= 0.3 is 5.97 Å². The maximum Gasteiger partial charge on any atom is 0.336 e. The van der Waals surface area contributed by atoms with Crippen molar-refractivity contribution in [2.45, 2.75) is 18.8 Å². The van der Waals surface area contributed by atoms with Gasteiger partial charge in [0.2, 0.25) is 11.8 Å². The number of rotatable bonds is 14. The molecular formula is C39H50N4O10. The Labute approximate surface area is 310 Å². The second-order valence-corrected chi connectivity index (χ2v) is 13.0. The van der Waals surface area contributed by atoms with Crippen LogP contribution in [-0.2, 0) is 4.79 Å². The highest BCUT2D eigenvalue weighted by molar-refractivity contribution is 5.75. The van der Waals surface area contributed by atoms with Crippen molar-refractivity contribution in [2.24, 2.45) is 5.92 Å². The lowest BCUT2D eigenvalue weighted by Crippen LogP contribution is -2.39. The van der Waals surface area contributed by atoms with Gasteiger partial charge in [0.1, 0.15) is 34.5 Å². The van der Waals surface area contributed by atoms with Gasteiger partial charge in [0, 0.05) is 124 Å². The topological polar surface area (TPSA) is 137 Å². The monoisotopic (exact) mass is 734 g/mol. The molecule has 0 saturated carbocycles. The Morgan fingerprint density at radius 2 is 0.962 bits per heavy atom. The van der Waals surface area contributed by atoms with Crippen LogP contribution in [0.4, 0.5) is 17.1 Å². The number of ether oxygens (including phenoxy) is 6. The van der Waals surface area contributed by atoms with Crippen molar-refractivity contribution in [3.63, 3.8) is 0 Å². The third-order valence-electron chi connectivity index (χ3n) is 9.66. The molecule has 2 heterocycles. The number of carbonyl (C=O) groups excluding carboxylic acids is 1. The fraction of sp³-hybridized carbons (Fsp3) is 0.410. The molecule has 0 spiro atoms. The molecule has 0 amide bonds. The number of anilines is 3. The van der Waals surface area contributed by atoms with Gasteiger partial charge in [0.05, 0.1) is 54.5 Å². The molecule has 14 nitrogen and oxygen atoms in total. The normalized spacial score (nSPS) is 13.1. The number of aromatic hydroxyl groups is 2. The molecule has 1 fully saturated rings. The molecule has 4 aromatic rings. The van der Waals surface area contributed by atoms with Gasteiger partial charge in [0.25, 0.3) is 0 Å². The van der Waals surface area contributed by atoms with E-state index in [0.29, 0.717) is 77.1 Å². The first-order chi connectivity index (χ1) is 25.4. The lowest BCUT2D eigenvalue weighted by Gasteiger charge is -2.34. The van der Waals surface area contributed by atoms with E-state index in [1.807, 2.05) is 74.4 Å². The number of aromatic nitrogens is 1. The lowest BCUT2D eigenvalue weighted by molar-refractivity contribution is -0.151. The molecular weight excluding hydrogens is 684 g/mol. The summed E-state index contributed by atoms with van der Waals surface area (Å²) >= 11 is 0. The molecule has 1 aromatic heterocycles. The van der Waals surface area contributed by atoms with E-state index in [2.05, 4.69) is 4.90 Å². The zero-order chi connectivity index (χ0) is 38.6. The Kier molecular flexibility index (Phi) is 11.8. The van der Waals surface area contributed by atoms with Gasteiger partial charge in [-0.05, 0) is 12.8 Å². The summed E-state index contributed by atoms with van der Waals surface area (Å²) in [5.41, 5.74) is 4.69. The number of hydrogen-bond donors (Lipinski definition) is 2. The van der Waals surface area contributed by atoms with Crippen LogP contribution in [0, 0.1) is 5.92 Å². The minimum atomic E-state index is -0.654. The van der Waals surface area contributed by atoms with E-state index in [-0.39, 0.29) is 11.8 Å². The van der Waals surface area contributed by atoms with Crippen LogP contribution in [0.15, 0.2) is 48.5 Å². The van der Waals surface area contributed by atoms with Crippen LogP contribution in [0.1, 0.15) is 35.4 Å². The Balaban J connectivity index is 1.65. The van der Waals surface area contributed by atoms with Crippen molar-refractivity contribution >= 4 is 23.0 Å². The Bertz CT molecular complexity index is 1750. The fourth-order valence-corrected chi connectivity index (χ4v) is 6.79. The summed E-state index contributed by atoms with van der Waals surface area (Å²) < 4.78 is 37.5. The number of hydrogen-bond acceptors (Lipinski definition) is 13. The molecule has 3 aromatic carbocycles. The van der Waals surface area contributed by atoms with Crippen molar-refractivity contribution in [3.8, 4) is 46.3 Å². The van der Waals surface area contributed by atoms with Crippen LogP contribution in [-0.4, -0.2) is 105 Å². The number of piperidine rings is 1. The van der Waals surface area contributed by atoms with Gasteiger partial charge in [-0.2, -0.15) is 0 Å². The highest BCUT2D eigenvalue weighted by Gasteiger charge is 2.37. The van der Waals surface area contributed by atoms with Crippen LogP contribution in [0.5, 0.6) is 46.3 Å². The lowest BCUT2D eigenvalue weighted by atomic mass is 9.81. The summed E-state index contributed by atoms with van der Waals surface area (Å²) in [5, 5.41) is 19.8. The van der Waals surface area contributed by atoms with Gasteiger partial charge in [-0.1, -0.05) is 0 Å². The summed E-state index contributed by atoms with van der Waals surface area (Å²) in [7, 11) is 17.5. The number of nitrogens with zero attached hydrogens (tertiary/aromatic N) is 4. The largest absolute Gasteiger partial charge is 0.496 e. The number of benzene rings is 3.